The molecule has 2 aliphatic rings. The van der Waals surface area contributed by atoms with Crippen molar-refractivity contribution in [2.75, 3.05) is 5.32 Å². The van der Waals surface area contributed by atoms with E-state index in [0.717, 1.165) is 31.2 Å². The number of anilines is 1. The lowest BCUT2D eigenvalue weighted by atomic mass is 9.96. The maximum atomic E-state index is 13.7. The largest absolute Gasteiger partial charge is 0.363 e. The van der Waals surface area contributed by atoms with Gasteiger partial charge in [-0.05, 0) is 37.0 Å². The second kappa shape index (κ2) is 9.59. The summed E-state index contributed by atoms with van der Waals surface area (Å²) in [7, 11) is 0. The summed E-state index contributed by atoms with van der Waals surface area (Å²) in [5, 5.41) is 10.8. The number of rotatable bonds is 4. The normalized spacial score (nSPS) is 21.1. The number of thiocarbonyl (C=S) groups is 1. The Morgan fingerprint density at radius 3 is 2.61 bits per heavy atom. The standard InChI is InChI=1S/C21H26F2N6OS/c22-18(23)17-11-16(13-7-3-1-4-8-13)26-19-15(12-24-29(17)19)20(30)27-28-21(31)25-14-9-5-2-6-10-14/h1,3-4,7-8,12,14,16-18,26H,2,5-6,9-11H2,(H,27,30)(H2,25,28,31)/t16-,17+/m0/s1. The van der Waals surface area contributed by atoms with Gasteiger partial charge in [-0.1, -0.05) is 49.6 Å². The van der Waals surface area contributed by atoms with E-state index in [4.69, 9.17) is 12.2 Å². The smallest absolute Gasteiger partial charge is 0.275 e. The van der Waals surface area contributed by atoms with Gasteiger partial charge in [-0.3, -0.25) is 15.6 Å². The van der Waals surface area contributed by atoms with E-state index in [9.17, 15) is 13.6 Å². The number of halogens is 2. The van der Waals surface area contributed by atoms with Crippen LogP contribution in [0.5, 0.6) is 0 Å². The van der Waals surface area contributed by atoms with Crippen LogP contribution in [-0.2, 0) is 0 Å². The highest BCUT2D eigenvalue weighted by Crippen LogP contribution is 2.39. The number of nitrogens with zero attached hydrogens (tertiary/aromatic N) is 2. The average molecular weight is 449 g/mol. The minimum atomic E-state index is -2.60. The molecule has 1 amide bonds. The fourth-order valence-electron chi connectivity index (χ4n) is 4.25. The molecule has 1 fully saturated rings. The molecule has 10 heteroatoms. The van der Waals surface area contributed by atoms with Crippen LogP contribution >= 0.6 is 12.2 Å². The van der Waals surface area contributed by atoms with Crippen molar-refractivity contribution in [1.29, 1.82) is 0 Å². The highest BCUT2D eigenvalue weighted by atomic mass is 32.1. The van der Waals surface area contributed by atoms with Crippen LogP contribution in [0.25, 0.3) is 0 Å². The quantitative estimate of drug-likeness (QED) is 0.422. The zero-order valence-electron chi connectivity index (χ0n) is 17.0. The molecule has 4 rings (SSSR count). The fraction of sp³-hybridized carbons (Fsp3) is 0.476. The van der Waals surface area contributed by atoms with E-state index in [0.29, 0.717) is 11.2 Å². The maximum absolute atomic E-state index is 13.7. The highest BCUT2D eigenvalue weighted by molar-refractivity contribution is 7.80. The molecule has 31 heavy (non-hydrogen) atoms. The third kappa shape index (κ3) is 4.95. The van der Waals surface area contributed by atoms with Gasteiger partial charge >= 0.3 is 0 Å². The van der Waals surface area contributed by atoms with Crippen molar-refractivity contribution in [3.63, 3.8) is 0 Å². The Morgan fingerprint density at radius 2 is 1.90 bits per heavy atom. The summed E-state index contributed by atoms with van der Waals surface area (Å²) < 4.78 is 28.7. The molecule has 0 radical (unpaired) electrons. The predicted molar refractivity (Wildman–Crippen MR) is 118 cm³/mol. The molecule has 1 aliphatic carbocycles. The number of hydrazine groups is 1. The Labute approximate surface area is 184 Å². The lowest BCUT2D eigenvalue weighted by Crippen LogP contribution is -2.50. The summed E-state index contributed by atoms with van der Waals surface area (Å²) in [6.07, 6.45) is 4.53. The lowest BCUT2D eigenvalue weighted by Gasteiger charge is -2.32. The molecule has 0 saturated heterocycles. The van der Waals surface area contributed by atoms with Gasteiger partial charge in [-0.25, -0.2) is 13.5 Å². The highest BCUT2D eigenvalue weighted by Gasteiger charge is 2.36. The zero-order chi connectivity index (χ0) is 21.8. The molecule has 0 spiro atoms. The number of hydrogen-bond donors (Lipinski definition) is 4. The second-order valence-corrected chi connectivity index (χ2v) is 8.39. The first-order valence-corrected chi connectivity index (χ1v) is 11.0. The summed E-state index contributed by atoms with van der Waals surface area (Å²) in [4.78, 5) is 12.8. The number of nitrogens with one attached hydrogen (secondary N) is 4. The molecule has 7 nitrogen and oxygen atoms in total. The SMILES string of the molecule is O=C(NNC(=S)NC1CCCCC1)c1cnn2c1N[C@H](c1ccccc1)C[C@@H]2C(F)F. The second-order valence-electron chi connectivity index (χ2n) is 7.98. The number of alkyl halides is 2. The Hall–Kier alpha value is -2.75. The molecule has 2 atom stereocenters. The molecule has 166 valence electrons. The molecule has 2 aromatic rings. The fourth-order valence-corrected chi connectivity index (χ4v) is 4.47. The van der Waals surface area contributed by atoms with Crippen LogP contribution in [0.4, 0.5) is 14.6 Å². The molecule has 4 N–H and O–H groups in total. The first kappa shape index (κ1) is 21.5. The number of benzene rings is 1. The van der Waals surface area contributed by atoms with Crippen molar-refractivity contribution in [2.45, 2.75) is 63.1 Å². The van der Waals surface area contributed by atoms with Crippen LogP contribution in [0.15, 0.2) is 36.5 Å². The number of carbonyl (C=O) groups is 1. The van der Waals surface area contributed by atoms with E-state index in [1.807, 2.05) is 30.3 Å². The van der Waals surface area contributed by atoms with E-state index in [1.54, 1.807) is 0 Å². The Bertz CT molecular complexity index is 916. The van der Waals surface area contributed by atoms with E-state index in [1.165, 1.54) is 17.3 Å². The van der Waals surface area contributed by atoms with Crippen molar-refractivity contribution >= 4 is 29.1 Å². The van der Waals surface area contributed by atoms with Crippen molar-refractivity contribution in [3.8, 4) is 0 Å². The summed E-state index contributed by atoms with van der Waals surface area (Å²) in [6.45, 7) is 0. The van der Waals surface area contributed by atoms with Crippen LogP contribution in [-0.4, -0.2) is 33.3 Å². The number of carbonyl (C=O) groups excluding carboxylic acids is 1. The third-order valence-electron chi connectivity index (χ3n) is 5.87. The van der Waals surface area contributed by atoms with Crippen LogP contribution in [0.2, 0.25) is 0 Å². The molecule has 1 aromatic carbocycles. The van der Waals surface area contributed by atoms with Crippen molar-refractivity contribution in [2.24, 2.45) is 0 Å². The van der Waals surface area contributed by atoms with Gasteiger partial charge in [0, 0.05) is 6.04 Å². The van der Waals surface area contributed by atoms with E-state index < -0.39 is 18.4 Å². The predicted octanol–water partition coefficient (Wildman–Crippen LogP) is 3.69. The molecule has 0 unspecified atom stereocenters. The van der Waals surface area contributed by atoms with Crippen molar-refractivity contribution in [1.82, 2.24) is 25.9 Å². The van der Waals surface area contributed by atoms with Crippen LogP contribution in [0.3, 0.4) is 0 Å². The van der Waals surface area contributed by atoms with Crippen LogP contribution < -0.4 is 21.5 Å². The summed E-state index contributed by atoms with van der Waals surface area (Å²) >= 11 is 5.27. The van der Waals surface area contributed by atoms with Gasteiger partial charge in [0.15, 0.2) is 5.11 Å². The minimum Gasteiger partial charge on any atom is -0.363 e. The first-order valence-electron chi connectivity index (χ1n) is 10.6. The Morgan fingerprint density at radius 1 is 1.16 bits per heavy atom. The molecule has 1 saturated carbocycles. The van der Waals surface area contributed by atoms with E-state index >= 15 is 0 Å². The Balaban J connectivity index is 1.45. The third-order valence-corrected chi connectivity index (χ3v) is 6.09. The van der Waals surface area contributed by atoms with E-state index in [-0.39, 0.29) is 23.8 Å². The molecule has 2 heterocycles. The van der Waals surface area contributed by atoms with Crippen LogP contribution in [0, 0.1) is 0 Å². The van der Waals surface area contributed by atoms with Crippen molar-refractivity contribution in [3.05, 3.63) is 47.7 Å². The molecule has 0 bridgehead atoms. The summed E-state index contributed by atoms with van der Waals surface area (Å²) in [5.74, 6) is -0.223. The van der Waals surface area contributed by atoms with Crippen molar-refractivity contribution < 1.29 is 13.6 Å². The van der Waals surface area contributed by atoms with E-state index in [2.05, 4.69) is 26.6 Å². The summed E-state index contributed by atoms with van der Waals surface area (Å²) in [6, 6.07) is 8.18. The number of hydrogen-bond acceptors (Lipinski definition) is 4. The van der Waals surface area contributed by atoms with Gasteiger partial charge in [0.1, 0.15) is 17.4 Å². The average Bonchev–Trinajstić information content (AvgIpc) is 3.22. The van der Waals surface area contributed by atoms with Gasteiger partial charge in [0.25, 0.3) is 12.3 Å². The number of fused-ring (bicyclic) bond motifs is 1. The lowest BCUT2D eigenvalue weighted by molar-refractivity contribution is 0.0656. The van der Waals surface area contributed by atoms with Gasteiger partial charge < -0.3 is 10.6 Å². The molecular formula is C21H26F2N6OS. The molecular weight excluding hydrogens is 422 g/mol. The monoisotopic (exact) mass is 448 g/mol. The minimum absolute atomic E-state index is 0.172. The van der Waals surface area contributed by atoms with Gasteiger partial charge in [0.05, 0.1) is 12.2 Å². The zero-order valence-corrected chi connectivity index (χ0v) is 17.8. The Kier molecular flexibility index (Phi) is 6.64. The molecule has 1 aliphatic heterocycles. The van der Waals surface area contributed by atoms with Gasteiger partial charge in [-0.2, -0.15) is 5.10 Å². The number of amides is 1. The van der Waals surface area contributed by atoms with Gasteiger partial charge in [0.2, 0.25) is 0 Å². The maximum Gasteiger partial charge on any atom is 0.275 e. The van der Waals surface area contributed by atoms with Crippen LogP contribution in [0.1, 0.15) is 66.5 Å². The van der Waals surface area contributed by atoms with Gasteiger partial charge in [-0.15, -0.1) is 0 Å². The molecule has 1 aromatic heterocycles. The summed E-state index contributed by atoms with van der Waals surface area (Å²) in [5.41, 5.74) is 6.32. The first-order chi connectivity index (χ1) is 15.0. The number of aromatic nitrogens is 2. The topological polar surface area (TPSA) is 83.0 Å².